The molecular weight excluding hydrogens is 184 g/mol. The second-order valence-electron chi connectivity index (χ2n) is 5.66. The fourth-order valence-corrected chi connectivity index (χ4v) is 3.76. The van der Waals surface area contributed by atoms with Gasteiger partial charge in [-0.3, -0.25) is 4.90 Å². The second kappa shape index (κ2) is 4.42. The topological polar surface area (TPSA) is 29.3 Å². The molecule has 1 aliphatic heterocycles. The van der Waals surface area contributed by atoms with Gasteiger partial charge in [0.2, 0.25) is 0 Å². The molecule has 3 unspecified atom stereocenters. The third-order valence-corrected chi connectivity index (χ3v) is 5.06. The van der Waals surface area contributed by atoms with Crippen LogP contribution in [-0.2, 0) is 0 Å². The van der Waals surface area contributed by atoms with E-state index in [0.717, 1.165) is 18.4 Å². The number of rotatable bonds is 2. The molecule has 0 aromatic carbocycles. The summed E-state index contributed by atoms with van der Waals surface area (Å²) in [5, 5.41) is 0. The van der Waals surface area contributed by atoms with Crippen LogP contribution in [-0.4, -0.2) is 30.1 Å². The van der Waals surface area contributed by atoms with Crippen LogP contribution < -0.4 is 5.73 Å². The maximum atomic E-state index is 6.13. The van der Waals surface area contributed by atoms with Gasteiger partial charge in [0, 0.05) is 12.1 Å². The zero-order chi connectivity index (χ0) is 10.9. The van der Waals surface area contributed by atoms with E-state index in [2.05, 4.69) is 18.7 Å². The Balaban J connectivity index is 2.17. The van der Waals surface area contributed by atoms with Crippen molar-refractivity contribution in [3.63, 3.8) is 0 Å². The van der Waals surface area contributed by atoms with Crippen molar-refractivity contribution in [3.8, 4) is 0 Å². The Morgan fingerprint density at radius 3 is 2.47 bits per heavy atom. The maximum absolute atomic E-state index is 6.13. The molecule has 2 aliphatic rings. The number of hydrogen-bond acceptors (Lipinski definition) is 2. The van der Waals surface area contributed by atoms with Crippen LogP contribution in [0.1, 0.15) is 46.0 Å². The van der Waals surface area contributed by atoms with Crippen molar-refractivity contribution < 1.29 is 0 Å². The number of nitrogens with zero attached hydrogens (tertiary/aromatic N) is 1. The first kappa shape index (κ1) is 11.4. The number of likely N-dealkylation sites (tertiary alicyclic amines) is 1. The molecule has 0 bridgehead atoms. The molecule has 2 fully saturated rings. The quantitative estimate of drug-likeness (QED) is 0.757. The molecule has 0 aromatic rings. The summed E-state index contributed by atoms with van der Waals surface area (Å²) in [7, 11) is 0. The van der Waals surface area contributed by atoms with Gasteiger partial charge in [0.1, 0.15) is 0 Å². The van der Waals surface area contributed by atoms with E-state index in [1.165, 1.54) is 45.2 Å². The van der Waals surface area contributed by atoms with E-state index in [1.54, 1.807) is 0 Å². The predicted molar refractivity (Wildman–Crippen MR) is 64.8 cm³/mol. The SMILES string of the molecule is CC1CCCC(CN)(N2CCCC2)C1C. The zero-order valence-corrected chi connectivity index (χ0v) is 10.3. The molecule has 88 valence electrons. The Hall–Kier alpha value is -0.0800. The lowest BCUT2D eigenvalue weighted by Gasteiger charge is -2.51. The van der Waals surface area contributed by atoms with Crippen LogP contribution in [0.3, 0.4) is 0 Å². The third-order valence-electron chi connectivity index (χ3n) is 5.06. The second-order valence-corrected chi connectivity index (χ2v) is 5.66. The van der Waals surface area contributed by atoms with Gasteiger partial charge in [-0.15, -0.1) is 0 Å². The lowest BCUT2D eigenvalue weighted by Crippen LogP contribution is -2.60. The first-order valence-electron chi connectivity index (χ1n) is 6.66. The maximum Gasteiger partial charge on any atom is 0.0359 e. The highest BCUT2D eigenvalue weighted by atomic mass is 15.2. The van der Waals surface area contributed by atoms with Crippen molar-refractivity contribution in [2.75, 3.05) is 19.6 Å². The van der Waals surface area contributed by atoms with E-state index in [1.807, 2.05) is 0 Å². The van der Waals surface area contributed by atoms with Gasteiger partial charge in [0.25, 0.3) is 0 Å². The summed E-state index contributed by atoms with van der Waals surface area (Å²) in [6.07, 6.45) is 6.86. The molecule has 0 amide bonds. The van der Waals surface area contributed by atoms with Crippen LogP contribution in [0.15, 0.2) is 0 Å². The molecule has 1 saturated carbocycles. The zero-order valence-electron chi connectivity index (χ0n) is 10.3. The molecule has 3 atom stereocenters. The minimum absolute atomic E-state index is 0.341. The molecule has 0 aromatic heterocycles. The van der Waals surface area contributed by atoms with Crippen molar-refractivity contribution in [2.45, 2.75) is 51.5 Å². The first-order chi connectivity index (χ1) is 7.20. The lowest BCUT2D eigenvalue weighted by molar-refractivity contribution is 0.00486. The molecule has 2 rings (SSSR count). The highest BCUT2D eigenvalue weighted by molar-refractivity contribution is 5.01. The molecule has 2 heteroatoms. The van der Waals surface area contributed by atoms with Gasteiger partial charge in [-0.05, 0) is 44.2 Å². The largest absolute Gasteiger partial charge is 0.329 e. The van der Waals surface area contributed by atoms with Crippen molar-refractivity contribution in [2.24, 2.45) is 17.6 Å². The molecular formula is C13H26N2. The molecule has 0 radical (unpaired) electrons. The number of hydrogen-bond donors (Lipinski definition) is 1. The average molecular weight is 210 g/mol. The molecule has 2 nitrogen and oxygen atoms in total. The third kappa shape index (κ3) is 1.83. The summed E-state index contributed by atoms with van der Waals surface area (Å²) < 4.78 is 0. The van der Waals surface area contributed by atoms with Gasteiger partial charge in [0.15, 0.2) is 0 Å². The average Bonchev–Trinajstić information content (AvgIpc) is 2.76. The Labute approximate surface area is 94.2 Å². The highest BCUT2D eigenvalue weighted by Gasteiger charge is 2.45. The molecule has 1 aliphatic carbocycles. The Morgan fingerprint density at radius 2 is 1.87 bits per heavy atom. The van der Waals surface area contributed by atoms with Crippen LogP contribution in [0.25, 0.3) is 0 Å². The Kier molecular flexibility index (Phi) is 3.36. The fourth-order valence-electron chi connectivity index (χ4n) is 3.76. The van der Waals surface area contributed by atoms with Crippen LogP contribution in [0.5, 0.6) is 0 Å². The predicted octanol–water partition coefficient (Wildman–Crippen LogP) is 2.24. The normalized spacial score (nSPS) is 43.4. The van der Waals surface area contributed by atoms with Gasteiger partial charge in [0.05, 0.1) is 0 Å². The Bertz CT molecular complexity index is 207. The fraction of sp³-hybridized carbons (Fsp3) is 1.00. The molecule has 15 heavy (non-hydrogen) atoms. The first-order valence-corrected chi connectivity index (χ1v) is 6.66. The molecule has 1 saturated heterocycles. The molecule has 1 heterocycles. The van der Waals surface area contributed by atoms with Crippen LogP contribution >= 0.6 is 0 Å². The summed E-state index contributed by atoms with van der Waals surface area (Å²) in [5.41, 5.74) is 6.47. The van der Waals surface area contributed by atoms with E-state index in [4.69, 9.17) is 5.73 Å². The van der Waals surface area contributed by atoms with E-state index in [0.29, 0.717) is 5.54 Å². The van der Waals surface area contributed by atoms with Gasteiger partial charge in [-0.1, -0.05) is 26.7 Å². The van der Waals surface area contributed by atoms with Gasteiger partial charge < -0.3 is 5.73 Å². The van der Waals surface area contributed by atoms with E-state index in [9.17, 15) is 0 Å². The summed E-state index contributed by atoms with van der Waals surface area (Å²) >= 11 is 0. The summed E-state index contributed by atoms with van der Waals surface area (Å²) in [6.45, 7) is 8.26. The summed E-state index contributed by atoms with van der Waals surface area (Å²) in [5.74, 6) is 1.62. The van der Waals surface area contributed by atoms with E-state index >= 15 is 0 Å². The van der Waals surface area contributed by atoms with Crippen molar-refractivity contribution in [1.29, 1.82) is 0 Å². The number of nitrogens with two attached hydrogens (primary N) is 1. The highest BCUT2D eigenvalue weighted by Crippen LogP contribution is 2.42. The van der Waals surface area contributed by atoms with Crippen molar-refractivity contribution in [1.82, 2.24) is 4.90 Å². The van der Waals surface area contributed by atoms with Gasteiger partial charge in [-0.2, -0.15) is 0 Å². The summed E-state index contributed by atoms with van der Waals surface area (Å²) in [4.78, 5) is 2.70. The Morgan fingerprint density at radius 1 is 1.20 bits per heavy atom. The van der Waals surface area contributed by atoms with Gasteiger partial charge in [-0.25, -0.2) is 0 Å². The van der Waals surface area contributed by atoms with E-state index < -0.39 is 0 Å². The van der Waals surface area contributed by atoms with Crippen LogP contribution in [0, 0.1) is 11.8 Å². The smallest absolute Gasteiger partial charge is 0.0359 e. The van der Waals surface area contributed by atoms with Crippen LogP contribution in [0.4, 0.5) is 0 Å². The van der Waals surface area contributed by atoms with Crippen LogP contribution in [0.2, 0.25) is 0 Å². The monoisotopic (exact) mass is 210 g/mol. The molecule has 0 spiro atoms. The van der Waals surface area contributed by atoms with Crippen molar-refractivity contribution >= 4 is 0 Å². The van der Waals surface area contributed by atoms with E-state index in [-0.39, 0.29) is 0 Å². The summed E-state index contributed by atoms with van der Waals surface area (Å²) in [6, 6.07) is 0. The van der Waals surface area contributed by atoms with Crippen molar-refractivity contribution in [3.05, 3.63) is 0 Å². The lowest BCUT2D eigenvalue weighted by atomic mass is 9.67. The minimum atomic E-state index is 0.341. The minimum Gasteiger partial charge on any atom is -0.329 e. The standard InChI is InChI=1S/C13H26N2/c1-11-6-5-7-13(10-14,12(11)2)15-8-3-4-9-15/h11-12H,3-10,14H2,1-2H3. The van der Waals surface area contributed by atoms with Gasteiger partial charge >= 0.3 is 0 Å². The molecule has 2 N–H and O–H groups in total.